The van der Waals surface area contributed by atoms with Gasteiger partial charge in [0.25, 0.3) is 0 Å². The molecule has 82 valence electrons. The van der Waals surface area contributed by atoms with E-state index in [-0.39, 0.29) is 5.97 Å². The SMILES string of the molecule is CCCOC(=O)/C=C(/C)O[Si](C)(C)C. The fourth-order valence-corrected chi connectivity index (χ4v) is 1.95. The van der Waals surface area contributed by atoms with Crippen molar-refractivity contribution >= 4 is 14.3 Å². The Balaban J connectivity index is 4.03. The Bertz CT molecular complexity index is 216. The average molecular weight is 216 g/mol. The van der Waals surface area contributed by atoms with Crippen LogP contribution >= 0.6 is 0 Å². The van der Waals surface area contributed by atoms with Crippen molar-refractivity contribution in [1.82, 2.24) is 0 Å². The monoisotopic (exact) mass is 216 g/mol. The molecule has 0 aromatic heterocycles. The van der Waals surface area contributed by atoms with Crippen molar-refractivity contribution < 1.29 is 14.0 Å². The van der Waals surface area contributed by atoms with Crippen molar-refractivity contribution in [3.05, 3.63) is 11.8 Å². The van der Waals surface area contributed by atoms with E-state index in [1.165, 1.54) is 6.08 Å². The average Bonchev–Trinajstić information content (AvgIpc) is 1.96. The third-order valence-corrected chi connectivity index (χ3v) is 2.17. The minimum atomic E-state index is -1.59. The van der Waals surface area contributed by atoms with Gasteiger partial charge in [0.2, 0.25) is 8.32 Å². The third kappa shape index (κ3) is 7.85. The predicted octanol–water partition coefficient (Wildman–Crippen LogP) is 2.69. The molecule has 0 N–H and O–H groups in total. The second-order valence-corrected chi connectivity index (χ2v) is 8.57. The van der Waals surface area contributed by atoms with Crippen LogP contribution in [0.5, 0.6) is 0 Å². The Kier molecular flexibility index (Phi) is 5.53. The molecule has 0 saturated carbocycles. The first kappa shape index (κ1) is 13.2. The van der Waals surface area contributed by atoms with Gasteiger partial charge in [-0.3, -0.25) is 0 Å². The molecular weight excluding hydrogens is 196 g/mol. The molecule has 0 saturated heterocycles. The predicted molar refractivity (Wildman–Crippen MR) is 59.4 cm³/mol. The highest BCUT2D eigenvalue weighted by Crippen LogP contribution is 2.09. The van der Waals surface area contributed by atoms with Crippen molar-refractivity contribution in [2.45, 2.75) is 39.9 Å². The second-order valence-electron chi connectivity index (χ2n) is 4.14. The molecular formula is C10H20O3Si. The summed E-state index contributed by atoms with van der Waals surface area (Å²) >= 11 is 0. The molecule has 0 radical (unpaired) electrons. The van der Waals surface area contributed by atoms with Crippen LogP contribution in [0.25, 0.3) is 0 Å². The maximum absolute atomic E-state index is 11.1. The summed E-state index contributed by atoms with van der Waals surface area (Å²) in [6.07, 6.45) is 2.25. The molecule has 0 atom stereocenters. The quantitative estimate of drug-likeness (QED) is 0.307. The minimum Gasteiger partial charge on any atom is -0.547 e. The molecule has 3 nitrogen and oxygen atoms in total. The Morgan fingerprint density at radius 3 is 2.36 bits per heavy atom. The number of ether oxygens (including phenoxy) is 1. The van der Waals surface area contributed by atoms with E-state index < -0.39 is 8.32 Å². The lowest BCUT2D eigenvalue weighted by Crippen LogP contribution is -2.24. The van der Waals surface area contributed by atoms with E-state index in [4.69, 9.17) is 9.16 Å². The van der Waals surface area contributed by atoms with Crippen LogP contribution in [0.3, 0.4) is 0 Å². The first-order valence-electron chi connectivity index (χ1n) is 4.89. The molecule has 0 aliphatic heterocycles. The van der Waals surface area contributed by atoms with E-state index in [1.54, 1.807) is 6.92 Å². The number of allylic oxidation sites excluding steroid dienone is 1. The number of rotatable bonds is 5. The van der Waals surface area contributed by atoms with E-state index in [2.05, 4.69) is 19.6 Å². The minimum absolute atomic E-state index is 0.317. The summed E-state index contributed by atoms with van der Waals surface area (Å²) in [6.45, 7) is 10.4. The van der Waals surface area contributed by atoms with Gasteiger partial charge in [-0.2, -0.15) is 0 Å². The highest BCUT2D eigenvalue weighted by atomic mass is 28.4. The van der Waals surface area contributed by atoms with Crippen LogP contribution < -0.4 is 0 Å². The van der Waals surface area contributed by atoms with Crippen LogP contribution in [0.4, 0.5) is 0 Å². The van der Waals surface area contributed by atoms with Gasteiger partial charge in [0, 0.05) is 0 Å². The van der Waals surface area contributed by atoms with Gasteiger partial charge in [0.15, 0.2) is 0 Å². The molecule has 0 heterocycles. The third-order valence-electron chi connectivity index (χ3n) is 1.24. The van der Waals surface area contributed by atoms with Gasteiger partial charge >= 0.3 is 5.97 Å². The summed E-state index contributed by atoms with van der Waals surface area (Å²) in [7, 11) is -1.59. The van der Waals surface area contributed by atoms with Crippen molar-refractivity contribution in [1.29, 1.82) is 0 Å². The lowest BCUT2D eigenvalue weighted by molar-refractivity contribution is -0.137. The van der Waals surface area contributed by atoms with Gasteiger partial charge in [-0.1, -0.05) is 6.92 Å². The first-order valence-corrected chi connectivity index (χ1v) is 8.30. The van der Waals surface area contributed by atoms with Gasteiger partial charge in [-0.25, -0.2) is 4.79 Å². The summed E-state index contributed by atoms with van der Waals surface area (Å²) in [4.78, 5) is 11.1. The standard InChI is InChI=1S/C10H20O3Si/c1-6-7-12-10(11)8-9(2)13-14(3,4)5/h8H,6-7H2,1-5H3/b9-8-. The highest BCUT2D eigenvalue weighted by molar-refractivity contribution is 6.70. The van der Waals surface area contributed by atoms with Gasteiger partial charge in [0.1, 0.15) is 0 Å². The normalized spacial score (nSPS) is 12.5. The molecule has 14 heavy (non-hydrogen) atoms. The van der Waals surface area contributed by atoms with E-state index in [0.717, 1.165) is 6.42 Å². The van der Waals surface area contributed by atoms with E-state index in [9.17, 15) is 4.79 Å². The topological polar surface area (TPSA) is 35.5 Å². The molecule has 0 amide bonds. The van der Waals surface area contributed by atoms with Crippen LogP contribution in [-0.4, -0.2) is 20.9 Å². The van der Waals surface area contributed by atoms with Gasteiger partial charge in [0.05, 0.1) is 18.4 Å². The van der Waals surface area contributed by atoms with Crippen molar-refractivity contribution in [3.63, 3.8) is 0 Å². The zero-order valence-electron chi connectivity index (χ0n) is 9.72. The van der Waals surface area contributed by atoms with Crippen LogP contribution in [0, 0.1) is 0 Å². The Morgan fingerprint density at radius 2 is 1.93 bits per heavy atom. The summed E-state index contributed by atoms with van der Waals surface area (Å²) < 4.78 is 10.5. The summed E-state index contributed by atoms with van der Waals surface area (Å²) in [5.41, 5.74) is 0. The summed E-state index contributed by atoms with van der Waals surface area (Å²) in [6, 6.07) is 0. The van der Waals surface area contributed by atoms with Gasteiger partial charge < -0.3 is 9.16 Å². The van der Waals surface area contributed by atoms with E-state index in [1.807, 2.05) is 6.92 Å². The van der Waals surface area contributed by atoms with Crippen LogP contribution in [0.15, 0.2) is 11.8 Å². The maximum atomic E-state index is 11.1. The molecule has 0 aliphatic carbocycles. The van der Waals surface area contributed by atoms with Crippen LogP contribution in [-0.2, 0) is 14.0 Å². The number of carbonyl (C=O) groups excluding carboxylic acids is 1. The molecule has 4 heteroatoms. The Labute approximate surface area is 87.2 Å². The zero-order chi connectivity index (χ0) is 11.2. The fourth-order valence-electron chi connectivity index (χ4n) is 0.923. The van der Waals surface area contributed by atoms with Gasteiger partial charge in [-0.05, 0) is 33.0 Å². The van der Waals surface area contributed by atoms with Crippen LogP contribution in [0.1, 0.15) is 20.3 Å². The molecule has 0 aliphatic rings. The number of carbonyl (C=O) groups is 1. The first-order chi connectivity index (χ1) is 6.35. The largest absolute Gasteiger partial charge is 0.547 e. The summed E-state index contributed by atoms with van der Waals surface area (Å²) in [5, 5.41) is 0. The maximum Gasteiger partial charge on any atom is 0.334 e. The number of esters is 1. The lowest BCUT2D eigenvalue weighted by Gasteiger charge is -2.19. The number of hydrogen-bond donors (Lipinski definition) is 0. The molecule has 0 fully saturated rings. The zero-order valence-corrected chi connectivity index (χ0v) is 10.7. The molecule has 0 bridgehead atoms. The molecule has 0 unspecified atom stereocenters. The van der Waals surface area contributed by atoms with Crippen molar-refractivity contribution in [2.75, 3.05) is 6.61 Å². The highest BCUT2D eigenvalue weighted by Gasteiger charge is 2.16. The van der Waals surface area contributed by atoms with Gasteiger partial charge in [-0.15, -0.1) is 0 Å². The molecule has 0 aromatic carbocycles. The second kappa shape index (κ2) is 5.85. The molecule has 0 spiro atoms. The lowest BCUT2D eigenvalue weighted by atomic mass is 10.5. The summed E-state index contributed by atoms with van der Waals surface area (Å²) in [5.74, 6) is 0.327. The Hall–Kier alpha value is -0.773. The van der Waals surface area contributed by atoms with Crippen LogP contribution in [0.2, 0.25) is 19.6 Å². The molecule has 0 aromatic rings. The molecule has 0 rings (SSSR count). The van der Waals surface area contributed by atoms with E-state index in [0.29, 0.717) is 12.4 Å². The smallest absolute Gasteiger partial charge is 0.334 e. The van der Waals surface area contributed by atoms with E-state index >= 15 is 0 Å². The fraction of sp³-hybridized carbons (Fsp3) is 0.700. The number of hydrogen-bond acceptors (Lipinski definition) is 3. The Morgan fingerprint density at radius 1 is 1.36 bits per heavy atom. The van der Waals surface area contributed by atoms with Crippen molar-refractivity contribution in [3.8, 4) is 0 Å². The van der Waals surface area contributed by atoms with Crippen molar-refractivity contribution in [2.24, 2.45) is 0 Å².